The van der Waals surface area contributed by atoms with Gasteiger partial charge in [-0.15, -0.1) is 0 Å². The van der Waals surface area contributed by atoms with Crippen molar-refractivity contribution >= 4 is 11.9 Å². The molecule has 2 N–H and O–H groups in total. The Balaban J connectivity index is 1.73. The summed E-state index contributed by atoms with van der Waals surface area (Å²) in [5, 5.41) is 3.01. The van der Waals surface area contributed by atoms with Crippen molar-refractivity contribution in [1.29, 1.82) is 0 Å². The van der Waals surface area contributed by atoms with Gasteiger partial charge in [0.15, 0.2) is 0 Å². The highest BCUT2D eigenvalue weighted by atomic mass is 16.2. The molecule has 1 aromatic rings. The average Bonchev–Trinajstić information content (AvgIpc) is 2.99. The minimum atomic E-state index is -0.00893. The van der Waals surface area contributed by atoms with E-state index in [2.05, 4.69) is 10.3 Å². The van der Waals surface area contributed by atoms with E-state index in [0.29, 0.717) is 18.8 Å². The number of nitrogens with zero attached hydrogens (tertiary/aromatic N) is 2. The summed E-state index contributed by atoms with van der Waals surface area (Å²) in [7, 11) is 0. The number of carbonyl (C=O) groups is 2. The second-order valence-corrected chi connectivity index (χ2v) is 6.20. The molecule has 2 atom stereocenters. The van der Waals surface area contributed by atoms with Gasteiger partial charge in [0.05, 0.1) is 12.1 Å². The summed E-state index contributed by atoms with van der Waals surface area (Å²) in [4.78, 5) is 31.3. The summed E-state index contributed by atoms with van der Waals surface area (Å²) in [5.41, 5.74) is 1.61. The second-order valence-electron chi connectivity index (χ2n) is 6.20. The molecule has 0 unspecified atom stereocenters. The van der Waals surface area contributed by atoms with Gasteiger partial charge in [-0.3, -0.25) is 4.79 Å². The maximum atomic E-state index is 12.5. The fourth-order valence-electron chi connectivity index (χ4n) is 3.44. The van der Waals surface area contributed by atoms with Gasteiger partial charge in [0.2, 0.25) is 0 Å². The van der Waals surface area contributed by atoms with E-state index in [1.807, 2.05) is 36.6 Å². The number of urea groups is 1. The van der Waals surface area contributed by atoms with Crippen molar-refractivity contribution in [3.8, 4) is 0 Å². The van der Waals surface area contributed by atoms with Crippen LogP contribution >= 0.6 is 0 Å². The Kier molecular flexibility index (Phi) is 3.39. The number of aryl methyl sites for hydroxylation is 1. The third-order valence-electron chi connectivity index (χ3n) is 4.49. The highest BCUT2D eigenvalue weighted by Crippen LogP contribution is 2.25. The number of hydrogen-bond acceptors (Lipinski definition) is 2. The molecule has 0 bridgehead atoms. The highest BCUT2D eigenvalue weighted by molar-refractivity contribution is 5.94. The molecule has 6 heteroatoms. The number of hydrogen-bond donors (Lipinski definition) is 2. The van der Waals surface area contributed by atoms with Gasteiger partial charge in [0, 0.05) is 25.3 Å². The van der Waals surface area contributed by atoms with Crippen LogP contribution in [0.1, 0.15) is 36.3 Å². The number of carbonyl (C=O) groups excluding carboxylic acids is 2. The number of rotatable bonds is 2. The van der Waals surface area contributed by atoms with Crippen LogP contribution < -0.4 is 5.32 Å². The number of nitrogens with one attached hydrogen (secondary N) is 2. The molecular weight excluding hydrogens is 268 g/mol. The Hall–Kier alpha value is -1.98. The first-order chi connectivity index (χ1) is 9.99. The van der Waals surface area contributed by atoms with Gasteiger partial charge in [-0.2, -0.15) is 0 Å². The summed E-state index contributed by atoms with van der Waals surface area (Å²) in [6.45, 7) is 7.26. The molecule has 0 spiro atoms. The van der Waals surface area contributed by atoms with Crippen molar-refractivity contribution in [2.24, 2.45) is 0 Å². The molecule has 0 radical (unpaired) electrons. The molecular formula is C15H22N4O2. The van der Waals surface area contributed by atoms with Gasteiger partial charge < -0.3 is 20.1 Å². The molecule has 3 rings (SSSR count). The van der Waals surface area contributed by atoms with Crippen molar-refractivity contribution in [3.63, 3.8) is 0 Å². The van der Waals surface area contributed by atoms with Crippen LogP contribution in [0, 0.1) is 6.92 Å². The lowest BCUT2D eigenvalue weighted by Crippen LogP contribution is -2.53. The Morgan fingerprint density at radius 2 is 2.19 bits per heavy atom. The van der Waals surface area contributed by atoms with Crippen molar-refractivity contribution in [2.45, 2.75) is 45.3 Å². The lowest BCUT2D eigenvalue weighted by molar-refractivity contribution is 0.0639. The van der Waals surface area contributed by atoms with Crippen LogP contribution in [0.5, 0.6) is 0 Å². The molecule has 114 valence electrons. The lowest BCUT2D eigenvalue weighted by atomic mass is 9.98. The van der Waals surface area contributed by atoms with E-state index < -0.39 is 0 Å². The van der Waals surface area contributed by atoms with Gasteiger partial charge in [-0.1, -0.05) is 0 Å². The van der Waals surface area contributed by atoms with Gasteiger partial charge in [0.1, 0.15) is 5.69 Å². The van der Waals surface area contributed by atoms with Gasteiger partial charge >= 0.3 is 6.03 Å². The number of H-pyrrole nitrogens is 1. The summed E-state index contributed by atoms with van der Waals surface area (Å²) in [6, 6.07) is 2.31. The average molecular weight is 290 g/mol. The number of aromatic amines is 1. The monoisotopic (exact) mass is 290 g/mol. The molecule has 0 aliphatic carbocycles. The number of likely N-dealkylation sites (tertiary alicyclic amines) is 1. The molecule has 0 saturated carbocycles. The van der Waals surface area contributed by atoms with Crippen LogP contribution in [-0.2, 0) is 0 Å². The molecule has 0 aromatic carbocycles. The van der Waals surface area contributed by atoms with Crippen LogP contribution in [0.15, 0.2) is 12.3 Å². The van der Waals surface area contributed by atoms with Gasteiger partial charge in [-0.05, 0) is 38.8 Å². The first kappa shape index (κ1) is 14.0. The van der Waals surface area contributed by atoms with E-state index in [4.69, 9.17) is 0 Å². The third kappa shape index (κ3) is 2.28. The normalized spacial score (nSPS) is 25.2. The first-order valence-electron chi connectivity index (χ1n) is 7.51. The van der Waals surface area contributed by atoms with E-state index >= 15 is 0 Å². The molecule has 21 heavy (non-hydrogen) atoms. The predicted molar refractivity (Wildman–Crippen MR) is 79.1 cm³/mol. The van der Waals surface area contributed by atoms with E-state index in [-0.39, 0.29) is 30.1 Å². The Labute approximate surface area is 124 Å². The number of fused-ring (bicyclic) bond motifs is 1. The summed E-state index contributed by atoms with van der Waals surface area (Å²) < 4.78 is 0. The first-order valence-corrected chi connectivity index (χ1v) is 7.51. The molecule has 2 fully saturated rings. The van der Waals surface area contributed by atoms with Crippen LogP contribution in [0.4, 0.5) is 4.79 Å². The largest absolute Gasteiger partial charge is 0.357 e. The van der Waals surface area contributed by atoms with Gasteiger partial charge in [0.25, 0.3) is 5.91 Å². The van der Waals surface area contributed by atoms with E-state index in [1.165, 1.54) is 0 Å². The summed E-state index contributed by atoms with van der Waals surface area (Å²) in [5.74, 6) is 0.0215. The van der Waals surface area contributed by atoms with Gasteiger partial charge in [-0.25, -0.2) is 4.79 Å². The molecule has 2 aliphatic heterocycles. The minimum absolute atomic E-state index is 0.00893. The van der Waals surface area contributed by atoms with E-state index in [9.17, 15) is 9.59 Å². The van der Waals surface area contributed by atoms with Crippen LogP contribution in [0.3, 0.4) is 0 Å². The zero-order valence-corrected chi connectivity index (χ0v) is 12.7. The highest BCUT2D eigenvalue weighted by Gasteiger charge is 2.44. The molecule has 2 aliphatic rings. The van der Waals surface area contributed by atoms with Crippen molar-refractivity contribution < 1.29 is 9.59 Å². The minimum Gasteiger partial charge on any atom is -0.357 e. The SMILES string of the molecule is Cc1cc[nH]c1C(=O)N1CC[C@H]2[C@@H](C1)NC(=O)N2C(C)C. The number of piperidine rings is 1. The zero-order chi connectivity index (χ0) is 15.1. The maximum Gasteiger partial charge on any atom is 0.318 e. The number of amides is 3. The second kappa shape index (κ2) is 5.09. The third-order valence-corrected chi connectivity index (χ3v) is 4.49. The molecule has 3 heterocycles. The Morgan fingerprint density at radius 1 is 1.43 bits per heavy atom. The van der Waals surface area contributed by atoms with Crippen molar-refractivity contribution in [1.82, 2.24) is 20.1 Å². The predicted octanol–water partition coefficient (Wildman–Crippen LogP) is 1.34. The number of aromatic nitrogens is 1. The molecule has 2 saturated heterocycles. The fourth-order valence-corrected chi connectivity index (χ4v) is 3.44. The van der Waals surface area contributed by atoms with Crippen LogP contribution in [-0.4, -0.2) is 57.9 Å². The standard InChI is InChI=1S/C15H22N4O2/c1-9(2)19-12-5-7-18(8-11(12)17-15(19)21)14(20)13-10(3)4-6-16-13/h4,6,9,11-12,16H,5,7-8H2,1-3H3,(H,17,21)/t11-,12+/m1/s1. The fraction of sp³-hybridized carbons (Fsp3) is 0.600. The van der Waals surface area contributed by atoms with Crippen molar-refractivity contribution in [3.05, 3.63) is 23.5 Å². The smallest absolute Gasteiger partial charge is 0.318 e. The van der Waals surface area contributed by atoms with Crippen molar-refractivity contribution in [2.75, 3.05) is 13.1 Å². The quantitative estimate of drug-likeness (QED) is 0.863. The zero-order valence-electron chi connectivity index (χ0n) is 12.7. The topological polar surface area (TPSA) is 68.4 Å². The molecule has 6 nitrogen and oxygen atoms in total. The van der Waals surface area contributed by atoms with E-state index in [0.717, 1.165) is 12.0 Å². The van der Waals surface area contributed by atoms with Crippen LogP contribution in [0.2, 0.25) is 0 Å². The Bertz CT molecular complexity index is 566. The van der Waals surface area contributed by atoms with Crippen LogP contribution in [0.25, 0.3) is 0 Å². The maximum absolute atomic E-state index is 12.5. The molecule has 3 amide bonds. The van der Waals surface area contributed by atoms with E-state index in [1.54, 1.807) is 6.20 Å². The Morgan fingerprint density at radius 3 is 2.81 bits per heavy atom. The summed E-state index contributed by atoms with van der Waals surface area (Å²) >= 11 is 0. The molecule has 1 aromatic heterocycles. The summed E-state index contributed by atoms with van der Waals surface area (Å²) in [6.07, 6.45) is 2.61. The lowest BCUT2D eigenvalue weighted by Gasteiger charge is -2.37.